The number of alkyl halides is 3. The lowest BCUT2D eigenvalue weighted by Crippen LogP contribution is -2.21. The Bertz CT molecular complexity index is 606. The first-order valence-electron chi connectivity index (χ1n) is 7.01. The molecule has 0 radical (unpaired) electrons. The molecule has 0 amide bonds. The fourth-order valence-corrected chi connectivity index (χ4v) is 1.97. The van der Waals surface area contributed by atoms with E-state index < -0.39 is 18.9 Å². The van der Waals surface area contributed by atoms with E-state index in [-0.39, 0.29) is 5.75 Å². The average Bonchev–Trinajstić information content (AvgIpc) is 2.53. The molecular weight excluding hydrogens is 309 g/mol. The Hall–Kier alpha value is -2.12. The van der Waals surface area contributed by atoms with Crippen LogP contribution >= 0.6 is 0 Å². The van der Waals surface area contributed by atoms with Crippen molar-refractivity contribution in [2.45, 2.75) is 18.8 Å². The Morgan fingerprint density at radius 1 is 1.17 bits per heavy atom. The summed E-state index contributed by atoms with van der Waals surface area (Å²) in [5, 5.41) is 13.0. The molecule has 0 fully saturated rings. The first-order valence-corrected chi connectivity index (χ1v) is 7.01. The number of hydrogen-bond donors (Lipinski definition) is 2. The molecule has 2 aromatic rings. The number of nitrogens with zero attached hydrogens (tertiary/aromatic N) is 1. The summed E-state index contributed by atoms with van der Waals surface area (Å²) in [6, 6.07) is 9.85. The summed E-state index contributed by atoms with van der Waals surface area (Å²) in [6.45, 7) is -0.590. The molecule has 0 bridgehead atoms. The van der Waals surface area contributed by atoms with Crippen LogP contribution < -0.4 is 10.1 Å². The molecule has 1 atom stereocenters. The van der Waals surface area contributed by atoms with Crippen molar-refractivity contribution in [3.8, 4) is 5.75 Å². The lowest BCUT2D eigenvalue weighted by molar-refractivity contribution is -0.153. The minimum absolute atomic E-state index is 0.163. The molecule has 0 saturated carbocycles. The normalized spacial score (nSPS) is 12.9. The molecule has 1 unspecified atom stereocenters. The molecule has 0 saturated heterocycles. The fraction of sp³-hybridized carbons (Fsp3) is 0.312. The van der Waals surface area contributed by atoms with Crippen LogP contribution in [-0.4, -0.2) is 29.4 Å². The largest absolute Gasteiger partial charge is 0.484 e. The van der Waals surface area contributed by atoms with E-state index in [2.05, 4.69) is 10.3 Å². The van der Waals surface area contributed by atoms with Crippen molar-refractivity contribution in [3.63, 3.8) is 0 Å². The van der Waals surface area contributed by atoms with Crippen molar-refractivity contribution in [1.82, 2.24) is 10.3 Å². The number of hydrogen-bond acceptors (Lipinski definition) is 4. The van der Waals surface area contributed by atoms with E-state index in [1.165, 1.54) is 12.1 Å². The Morgan fingerprint density at radius 3 is 2.61 bits per heavy atom. The molecule has 0 aliphatic rings. The van der Waals surface area contributed by atoms with Crippen LogP contribution in [0.1, 0.15) is 17.2 Å². The fourth-order valence-electron chi connectivity index (χ4n) is 1.97. The van der Waals surface area contributed by atoms with Gasteiger partial charge in [0, 0.05) is 25.5 Å². The smallest absolute Gasteiger partial charge is 0.422 e. The maximum absolute atomic E-state index is 12.1. The van der Waals surface area contributed by atoms with Crippen molar-refractivity contribution >= 4 is 0 Å². The molecule has 2 N–H and O–H groups in total. The van der Waals surface area contributed by atoms with Gasteiger partial charge in [0.05, 0.1) is 6.10 Å². The highest BCUT2D eigenvalue weighted by molar-refractivity contribution is 5.28. The van der Waals surface area contributed by atoms with Gasteiger partial charge in [-0.15, -0.1) is 0 Å². The first kappa shape index (κ1) is 17.2. The van der Waals surface area contributed by atoms with Gasteiger partial charge in [0.15, 0.2) is 6.61 Å². The second-order valence-corrected chi connectivity index (χ2v) is 4.98. The number of aromatic nitrogens is 1. The number of benzene rings is 1. The van der Waals surface area contributed by atoms with E-state index in [0.717, 1.165) is 11.1 Å². The summed E-state index contributed by atoms with van der Waals surface area (Å²) >= 11 is 0. The lowest BCUT2D eigenvalue weighted by Gasteiger charge is -2.13. The molecule has 0 aliphatic carbocycles. The van der Waals surface area contributed by atoms with Gasteiger partial charge in [-0.25, -0.2) is 0 Å². The van der Waals surface area contributed by atoms with Gasteiger partial charge in [0.1, 0.15) is 5.75 Å². The van der Waals surface area contributed by atoms with E-state index in [0.29, 0.717) is 13.1 Å². The summed E-state index contributed by atoms with van der Waals surface area (Å²) in [5.74, 6) is 0.163. The zero-order valence-corrected chi connectivity index (χ0v) is 12.3. The highest BCUT2D eigenvalue weighted by atomic mass is 19.4. The molecular formula is C16H17F3N2O2. The van der Waals surface area contributed by atoms with Crippen LogP contribution in [0.4, 0.5) is 13.2 Å². The molecule has 23 heavy (non-hydrogen) atoms. The number of aliphatic hydroxyl groups is 1. The zero-order valence-electron chi connectivity index (χ0n) is 12.3. The van der Waals surface area contributed by atoms with E-state index in [1.807, 2.05) is 0 Å². The minimum Gasteiger partial charge on any atom is -0.484 e. The molecule has 0 aliphatic heterocycles. The summed E-state index contributed by atoms with van der Waals surface area (Å²) in [5.41, 5.74) is 1.52. The quantitative estimate of drug-likeness (QED) is 0.821. The van der Waals surface area contributed by atoms with Gasteiger partial charge in [-0.1, -0.05) is 12.1 Å². The maximum Gasteiger partial charge on any atom is 0.422 e. The number of ether oxygens (including phenoxy) is 1. The van der Waals surface area contributed by atoms with Crippen molar-refractivity contribution in [1.29, 1.82) is 0 Å². The SMILES string of the molecule is OC(CNCc1cccc(OCC(F)(F)F)c1)c1ccncc1. The predicted molar refractivity (Wildman–Crippen MR) is 78.9 cm³/mol. The van der Waals surface area contributed by atoms with Crippen LogP contribution in [0.3, 0.4) is 0 Å². The van der Waals surface area contributed by atoms with Crippen molar-refractivity contribution in [3.05, 3.63) is 59.9 Å². The molecule has 4 nitrogen and oxygen atoms in total. The average molecular weight is 326 g/mol. The molecule has 1 aromatic carbocycles. The van der Waals surface area contributed by atoms with E-state index >= 15 is 0 Å². The van der Waals surface area contributed by atoms with Crippen molar-refractivity contribution < 1.29 is 23.0 Å². The second-order valence-electron chi connectivity index (χ2n) is 4.98. The number of pyridine rings is 1. The minimum atomic E-state index is -4.36. The molecule has 124 valence electrons. The summed E-state index contributed by atoms with van der Waals surface area (Å²) in [4.78, 5) is 3.87. The van der Waals surface area contributed by atoms with Crippen LogP contribution in [0.25, 0.3) is 0 Å². The van der Waals surface area contributed by atoms with Gasteiger partial charge in [0.2, 0.25) is 0 Å². The third kappa shape index (κ3) is 6.25. The van der Waals surface area contributed by atoms with E-state index in [4.69, 9.17) is 4.74 Å². The van der Waals surface area contributed by atoms with E-state index in [1.54, 1.807) is 36.7 Å². The highest BCUT2D eigenvalue weighted by Gasteiger charge is 2.28. The molecule has 1 aromatic heterocycles. The van der Waals surface area contributed by atoms with Crippen LogP contribution in [0.5, 0.6) is 5.75 Å². The Balaban J connectivity index is 1.81. The lowest BCUT2D eigenvalue weighted by atomic mass is 10.1. The number of nitrogens with one attached hydrogen (secondary N) is 1. The standard InChI is InChI=1S/C16H17F3N2O2/c17-16(18,19)11-23-14-3-1-2-12(8-14)9-21-10-15(22)13-4-6-20-7-5-13/h1-8,15,21-22H,9-11H2. The monoisotopic (exact) mass is 326 g/mol. The molecule has 1 heterocycles. The maximum atomic E-state index is 12.1. The zero-order chi connectivity index (χ0) is 16.7. The summed E-state index contributed by atoms with van der Waals surface area (Å²) in [7, 11) is 0. The third-order valence-electron chi connectivity index (χ3n) is 3.06. The highest BCUT2D eigenvalue weighted by Crippen LogP contribution is 2.19. The summed E-state index contributed by atoms with van der Waals surface area (Å²) in [6.07, 6.45) is -1.84. The first-order chi connectivity index (χ1) is 10.9. The summed E-state index contributed by atoms with van der Waals surface area (Å²) < 4.78 is 41.1. The molecule has 2 rings (SSSR count). The number of halogens is 3. The Labute approximate surface area is 131 Å². The number of rotatable bonds is 7. The van der Waals surface area contributed by atoms with Crippen molar-refractivity contribution in [2.75, 3.05) is 13.2 Å². The van der Waals surface area contributed by atoms with Gasteiger partial charge >= 0.3 is 6.18 Å². The Kier molecular flexibility index (Phi) is 5.95. The molecule has 7 heteroatoms. The van der Waals surface area contributed by atoms with Gasteiger partial charge in [-0.05, 0) is 35.4 Å². The number of aliphatic hydroxyl groups excluding tert-OH is 1. The van der Waals surface area contributed by atoms with Gasteiger partial charge in [0.25, 0.3) is 0 Å². The van der Waals surface area contributed by atoms with Gasteiger partial charge in [-0.3, -0.25) is 4.98 Å². The van der Waals surface area contributed by atoms with Crippen molar-refractivity contribution in [2.24, 2.45) is 0 Å². The Morgan fingerprint density at radius 2 is 1.91 bits per heavy atom. The van der Waals surface area contributed by atoms with Gasteiger partial charge in [-0.2, -0.15) is 13.2 Å². The van der Waals surface area contributed by atoms with Crippen LogP contribution in [0.15, 0.2) is 48.8 Å². The van der Waals surface area contributed by atoms with Crippen LogP contribution in [0, 0.1) is 0 Å². The third-order valence-corrected chi connectivity index (χ3v) is 3.06. The topological polar surface area (TPSA) is 54.4 Å². The van der Waals surface area contributed by atoms with Crippen LogP contribution in [0.2, 0.25) is 0 Å². The van der Waals surface area contributed by atoms with Gasteiger partial charge < -0.3 is 15.2 Å². The van der Waals surface area contributed by atoms with Crippen LogP contribution in [-0.2, 0) is 6.54 Å². The molecule has 0 spiro atoms. The second kappa shape index (κ2) is 7.94. The predicted octanol–water partition coefficient (Wildman–Crippen LogP) is 2.85. The van der Waals surface area contributed by atoms with E-state index in [9.17, 15) is 18.3 Å².